The summed E-state index contributed by atoms with van der Waals surface area (Å²) < 4.78 is 5.59. The summed E-state index contributed by atoms with van der Waals surface area (Å²) >= 11 is 0. The molecule has 0 spiro atoms. The number of hydrogen-bond acceptors (Lipinski definition) is 3. The zero-order valence-electron chi connectivity index (χ0n) is 10.1. The van der Waals surface area contributed by atoms with Gasteiger partial charge in [-0.3, -0.25) is 0 Å². The number of fused-ring (bicyclic) bond motifs is 1. The number of nitrogens with one attached hydrogen (secondary N) is 1. The van der Waals surface area contributed by atoms with E-state index in [1.54, 1.807) is 0 Å². The van der Waals surface area contributed by atoms with Crippen LogP contribution in [0.25, 0.3) is 0 Å². The molecule has 1 aromatic carbocycles. The van der Waals surface area contributed by atoms with Crippen molar-refractivity contribution in [1.29, 1.82) is 0 Å². The molecule has 1 aliphatic rings. The predicted molar refractivity (Wildman–Crippen MR) is 65.4 cm³/mol. The highest BCUT2D eigenvalue weighted by Gasteiger charge is 2.19. The van der Waals surface area contributed by atoms with E-state index in [0.717, 1.165) is 26.3 Å². The van der Waals surface area contributed by atoms with Crippen molar-refractivity contribution in [1.82, 2.24) is 10.2 Å². The van der Waals surface area contributed by atoms with Crippen LogP contribution in [-0.2, 0) is 11.3 Å². The summed E-state index contributed by atoms with van der Waals surface area (Å²) in [5.74, 6) is 0. The molecule has 1 atom stereocenters. The Balaban J connectivity index is 1.96. The third kappa shape index (κ3) is 2.82. The van der Waals surface area contributed by atoms with Crippen molar-refractivity contribution in [2.24, 2.45) is 0 Å². The number of hydrogen-bond donors (Lipinski definition) is 1. The smallest absolute Gasteiger partial charge is 0.0721 e. The van der Waals surface area contributed by atoms with Crippen LogP contribution in [0, 0.1) is 0 Å². The van der Waals surface area contributed by atoms with Gasteiger partial charge in [-0.15, -0.1) is 0 Å². The molecular formula is C13H20N2O. The Labute approximate surface area is 97.4 Å². The lowest BCUT2D eigenvalue weighted by Crippen LogP contribution is -2.34. The molecular weight excluding hydrogens is 200 g/mol. The van der Waals surface area contributed by atoms with Crippen molar-refractivity contribution >= 4 is 0 Å². The molecule has 1 aromatic rings. The van der Waals surface area contributed by atoms with Gasteiger partial charge in [0.2, 0.25) is 0 Å². The first-order valence-corrected chi connectivity index (χ1v) is 5.81. The highest BCUT2D eigenvalue weighted by molar-refractivity contribution is 5.30. The van der Waals surface area contributed by atoms with Crippen LogP contribution in [0.1, 0.15) is 17.2 Å². The minimum Gasteiger partial charge on any atom is -0.375 e. The maximum absolute atomic E-state index is 5.59. The molecule has 1 unspecified atom stereocenters. The van der Waals surface area contributed by atoms with E-state index >= 15 is 0 Å². The van der Waals surface area contributed by atoms with Gasteiger partial charge >= 0.3 is 0 Å². The van der Waals surface area contributed by atoms with Crippen LogP contribution in [0.15, 0.2) is 24.3 Å². The fourth-order valence-electron chi connectivity index (χ4n) is 2.01. The summed E-state index contributed by atoms with van der Waals surface area (Å²) in [6.45, 7) is 3.58. The lowest BCUT2D eigenvalue weighted by molar-refractivity contribution is 0.0817. The number of ether oxygens (including phenoxy) is 1. The van der Waals surface area contributed by atoms with Crippen LogP contribution in [0.2, 0.25) is 0 Å². The minimum atomic E-state index is 0.352. The molecule has 1 aliphatic heterocycles. The van der Waals surface area contributed by atoms with Gasteiger partial charge in [0.05, 0.1) is 19.3 Å². The normalized spacial score (nSPS) is 19.8. The van der Waals surface area contributed by atoms with E-state index < -0.39 is 0 Å². The first kappa shape index (κ1) is 11.6. The largest absolute Gasteiger partial charge is 0.375 e. The molecule has 0 aromatic heterocycles. The fourth-order valence-corrected chi connectivity index (χ4v) is 2.01. The minimum absolute atomic E-state index is 0.352. The van der Waals surface area contributed by atoms with Gasteiger partial charge in [-0.05, 0) is 25.2 Å². The molecule has 0 aliphatic carbocycles. The lowest BCUT2D eigenvalue weighted by Gasteiger charge is -2.27. The number of nitrogens with zero attached hydrogens (tertiary/aromatic N) is 1. The SMILES string of the molecule is CN(C)CCNC1COCc2ccccc21. The van der Waals surface area contributed by atoms with Crippen LogP contribution >= 0.6 is 0 Å². The van der Waals surface area contributed by atoms with Gasteiger partial charge in [0, 0.05) is 13.1 Å². The summed E-state index contributed by atoms with van der Waals surface area (Å²) in [5, 5.41) is 3.54. The molecule has 0 radical (unpaired) electrons. The van der Waals surface area contributed by atoms with E-state index in [2.05, 4.69) is 48.6 Å². The maximum atomic E-state index is 5.59. The van der Waals surface area contributed by atoms with E-state index in [1.807, 2.05) is 0 Å². The average Bonchev–Trinajstić information content (AvgIpc) is 2.29. The van der Waals surface area contributed by atoms with Gasteiger partial charge < -0.3 is 15.0 Å². The van der Waals surface area contributed by atoms with E-state index in [4.69, 9.17) is 4.74 Å². The van der Waals surface area contributed by atoms with Crippen LogP contribution < -0.4 is 5.32 Å². The summed E-state index contributed by atoms with van der Waals surface area (Å²) in [6.07, 6.45) is 0. The van der Waals surface area contributed by atoms with Crippen molar-refractivity contribution in [3.05, 3.63) is 35.4 Å². The van der Waals surface area contributed by atoms with Crippen LogP contribution in [-0.4, -0.2) is 38.7 Å². The molecule has 3 heteroatoms. The van der Waals surface area contributed by atoms with Gasteiger partial charge in [-0.2, -0.15) is 0 Å². The van der Waals surface area contributed by atoms with Crippen LogP contribution in [0.4, 0.5) is 0 Å². The Kier molecular flexibility index (Phi) is 3.93. The van der Waals surface area contributed by atoms with Crippen LogP contribution in [0.5, 0.6) is 0 Å². The molecule has 16 heavy (non-hydrogen) atoms. The third-order valence-electron chi connectivity index (χ3n) is 2.92. The highest BCUT2D eigenvalue weighted by Crippen LogP contribution is 2.23. The van der Waals surface area contributed by atoms with Crippen molar-refractivity contribution in [3.63, 3.8) is 0 Å². The Hall–Kier alpha value is -0.900. The van der Waals surface area contributed by atoms with E-state index in [1.165, 1.54) is 11.1 Å². The van der Waals surface area contributed by atoms with Crippen molar-refractivity contribution in [3.8, 4) is 0 Å². The summed E-state index contributed by atoms with van der Waals surface area (Å²) in [7, 11) is 4.18. The Bertz CT molecular complexity index is 338. The lowest BCUT2D eigenvalue weighted by atomic mass is 9.99. The highest BCUT2D eigenvalue weighted by atomic mass is 16.5. The second-order valence-corrected chi connectivity index (χ2v) is 4.52. The van der Waals surface area contributed by atoms with Crippen molar-refractivity contribution in [2.45, 2.75) is 12.6 Å². The molecule has 3 nitrogen and oxygen atoms in total. The number of benzene rings is 1. The molecule has 0 saturated heterocycles. The number of rotatable bonds is 4. The van der Waals surface area contributed by atoms with Crippen molar-refractivity contribution < 1.29 is 4.74 Å². The topological polar surface area (TPSA) is 24.5 Å². The van der Waals surface area contributed by atoms with Gasteiger partial charge in [-0.1, -0.05) is 24.3 Å². The molecule has 0 saturated carbocycles. The van der Waals surface area contributed by atoms with Gasteiger partial charge in [-0.25, -0.2) is 0 Å². The maximum Gasteiger partial charge on any atom is 0.0721 e. The predicted octanol–water partition coefficient (Wildman–Crippen LogP) is 1.41. The molecule has 0 bridgehead atoms. The summed E-state index contributed by atoms with van der Waals surface area (Å²) in [5.41, 5.74) is 2.71. The second-order valence-electron chi connectivity index (χ2n) is 4.52. The average molecular weight is 220 g/mol. The van der Waals surface area contributed by atoms with E-state index in [9.17, 15) is 0 Å². The Morgan fingerprint density at radius 2 is 2.19 bits per heavy atom. The fraction of sp³-hybridized carbons (Fsp3) is 0.538. The third-order valence-corrected chi connectivity index (χ3v) is 2.92. The van der Waals surface area contributed by atoms with E-state index in [0.29, 0.717) is 6.04 Å². The molecule has 0 amide bonds. The molecule has 1 N–H and O–H groups in total. The quantitative estimate of drug-likeness (QED) is 0.830. The van der Waals surface area contributed by atoms with Gasteiger partial charge in [0.25, 0.3) is 0 Å². The molecule has 88 valence electrons. The van der Waals surface area contributed by atoms with Crippen molar-refractivity contribution in [2.75, 3.05) is 33.8 Å². The molecule has 1 heterocycles. The first-order valence-electron chi connectivity index (χ1n) is 5.81. The second kappa shape index (κ2) is 5.43. The Morgan fingerprint density at radius 3 is 3.00 bits per heavy atom. The zero-order chi connectivity index (χ0) is 11.4. The first-order chi connectivity index (χ1) is 7.77. The van der Waals surface area contributed by atoms with Gasteiger partial charge in [0.1, 0.15) is 0 Å². The van der Waals surface area contributed by atoms with Crippen LogP contribution in [0.3, 0.4) is 0 Å². The Morgan fingerprint density at radius 1 is 1.38 bits per heavy atom. The monoisotopic (exact) mass is 220 g/mol. The summed E-state index contributed by atoms with van der Waals surface area (Å²) in [4.78, 5) is 2.18. The summed E-state index contributed by atoms with van der Waals surface area (Å²) in [6, 6.07) is 8.88. The standard InChI is InChI=1S/C13H20N2O/c1-15(2)8-7-14-13-10-16-9-11-5-3-4-6-12(11)13/h3-6,13-14H,7-10H2,1-2H3. The molecule has 0 fully saturated rings. The van der Waals surface area contributed by atoms with Gasteiger partial charge in [0.15, 0.2) is 0 Å². The number of likely N-dealkylation sites (N-methyl/N-ethyl adjacent to an activating group) is 1. The zero-order valence-corrected chi connectivity index (χ0v) is 10.1. The van der Waals surface area contributed by atoms with E-state index in [-0.39, 0.29) is 0 Å². The molecule has 2 rings (SSSR count).